The number of pyridine rings is 1. The molecule has 4 bridgehead atoms. The number of amides is 1. The van der Waals surface area contributed by atoms with Gasteiger partial charge in [0, 0.05) is 18.7 Å². The number of H-pyrrole nitrogens is 1. The standard InChI is InChI=1S/C24H31N3O4/c1-14-19(15(2)27-23(30)20(14)11-25)3-4-22(29)31-12-21(28)26-13-24-8-16-5-17(9-24)7-18(6-16)10-24/h16-18H,3-10,12-13H2,1-2H3,(H,26,28)(H,27,30). The lowest BCUT2D eigenvalue weighted by atomic mass is 9.49. The first kappa shape index (κ1) is 21.6. The zero-order chi connectivity index (χ0) is 22.2. The van der Waals surface area contributed by atoms with Crippen molar-refractivity contribution in [2.24, 2.45) is 23.2 Å². The maximum Gasteiger partial charge on any atom is 0.306 e. The molecule has 1 heterocycles. The number of carbonyl (C=O) groups is 2. The minimum atomic E-state index is -0.464. The Morgan fingerprint density at radius 1 is 1.16 bits per heavy atom. The molecule has 31 heavy (non-hydrogen) atoms. The molecule has 0 saturated heterocycles. The number of carbonyl (C=O) groups excluding carboxylic acids is 2. The summed E-state index contributed by atoms with van der Waals surface area (Å²) < 4.78 is 5.17. The Morgan fingerprint density at radius 2 is 1.77 bits per heavy atom. The van der Waals surface area contributed by atoms with Crippen LogP contribution in [0.5, 0.6) is 0 Å². The number of rotatable bonds is 7. The first-order chi connectivity index (χ1) is 14.8. The third-order valence-electron chi connectivity index (χ3n) is 7.69. The molecular weight excluding hydrogens is 394 g/mol. The van der Waals surface area contributed by atoms with Gasteiger partial charge in [-0.2, -0.15) is 5.26 Å². The molecule has 0 aliphatic heterocycles. The largest absolute Gasteiger partial charge is 0.456 e. The van der Waals surface area contributed by atoms with Crippen molar-refractivity contribution < 1.29 is 14.3 Å². The third-order valence-corrected chi connectivity index (χ3v) is 7.69. The average molecular weight is 426 g/mol. The number of nitriles is 1. The van der Waals surface area contributed by atoms with Crippen molar-refractivity contribution in [1.29, 1.82) is 5.26 Å². The van der Waals surface area contributed by atoms with E-state index in [2.05, 4.69) is 10.3 Å². The van der Waals surface area contributed by atoms with Crippen LogP contribution in [0.3, 0.4) is 0 Å². The second-order valence-corrected chi connectivity index (χ2v) is 10.0. The van der Waals surface area contributed by atoms with Gasteiger partial charge in [-0.1, -0.05) is 0 Å². The first-order valence-electron chi connectivity index (χ1n) is 11.3. The number of aromatic nitrogens is 1. The number of hydrogen-bond acceptors (Lipinski definition) is 5. The number of hydrogen-bond donors (Lipinski definition) is 2. The summed E-state index contributed by atoms with van der Waals surface area (Å²) in [5, 5.41) is 12.2. The van der Waals surface area contributed by atoms with Crippen LogP contribution in [0, 0.1) is 48.3 Å². The fourth-order valence-electron chi connectivity index (χ4n) is 6.71. The number of aryl methyl sites for hydroxylation is 1. The fourth-order valence-corrected chi connectivity index (χ4v) is 6.71. The number of nitrogens with one attached hydrogen (secondary N) is 2. The van der Waals surface area contributed by atoms with Crippen LogP contribution < -0.4 is 10.9 Å². The molecule has 4 aliphatic rings. The maximum atomic E-state index is 12.3. The van der Waals surface area contributed by atoms with Crippen LogP contribution >= 0.6 is 0 Å². The van der Waals surface area contributed by atoms with E-state index < -0.39 is 11.5 Å². The van der Waals surface area contributed by atoms with Gasteiger partial charge in [-0.05, 0) is 93.1 Å². The lowest BCUT2D eigenvalue weighted by Gasteiger charge is -2.56. The molecule has 0 spiro atoms. The van der Waals surface area contributed by atoms with Crippen molar-refractivity contribution in [2.45, 2.75) is 65.2 Å². The second kappa shape index (κ2) is 8.49. The lowest BCUT2D eigenvalue weighted by Crippen LogP contribution is -2.51. The van der Waals surface area contributed by atoms with Crippen molar-refractivity contribution in [3.8, 4) is 6.07 Å². The maximum absolute atomic E-state index is 12.3. The van der Waals surface area contributed by atoms with Crippen molar-refractivity contribution in [1.82, 2.24) is 10.3 Å². The molecule has 7 heteroatoms. The van der Waals surface area contributed by atoms with Gasteiger partial charge in [-0.25, -0.2) is 0 Å². The molecule has 7 nitrogen and oxygen atoms in total. The van der Waals surface area contributed by atoms with Crippen molar-refractivity contribution in [3.05, 3.63) is 32.7 Å². The van der Waals surface area contributed by atoms with Gasteiger partial charge in [-0.15, -0.1) is 0 Å². The summed E-state index contributed by atoms with van der Waals surface area (Å²) in [5.41, 5.74) is 1.90. The summed E-state index contributed by atoms with van der Waals surface area (Å²) in [5.74, 6) is 1.80. The molecule has 5 rings (SSSR count). The number of ether oxygens (including phenoxy) is 1. The fraction of sp³-hybridized carbons (Fsp3) is 0.667. The molecule has 4 aliphatic carbocycles. The SMILES string of the molecule is Cc1[nH]c(=O)c(C#N)c(C)c1CCC(=O)OCC(=O)NCC12CC3CC(CC(C3)C1)C2. The Balaban J connectivity index is 1.23. The zero-order valence-corrected chi connectivity index (χ0v) is 18.4. The Kier molecular flexibility index (Phi) is 5.92. The molecule has 166 valence electrons. The van der Waals surface area contributed by atoms with Gasteiger partial charge < -0.3 is 15.0 Å². The van der Waals surface area contributed by atoms with E-state index in [9.17, 15) is 14.4 Å². The highest BCUT2D eigenvalue weighted by atomic mass is 16.5. The van der Waals surface area contributed by atoms with Gasteiger partial charge in [0.05, 0.1) is 0 Å². The van der Waals surface area contributed by atoms with E-state index in [1.807, 2.05) is 6.07 Å². The molecule has 2 N–H and O–H groups in total. The normalized spacial score (nSPS) is 28.2. The predicted molar refractivity (Wildman–Crippen MR) is 114 cm³/mol. The number of aromatic amines is 1. The summed E-state index contributed by atoms with van der Waals surface area (Å²) in [6.45, 7) is 3.88. The monoisotopic (exact) mass is 425 g/mol. The summed E-state index contributed by atoms with van der Waals surface area (Å²) >= 11 is 0. The van der Waals surface area contributed by atoms with Gasteiger partial charge in [0.1, 0.15) is 11.6 Å². The third kappa shape index (κ3) is 4.53. The highest BCUT2D eigenvalue weighted by Crippen LogP contribution is 2.59. The summed E-state index contributed by atoms with van der Waals surface area (Å²) in [6.07, 6.45) is 8.21. The second-order valence-electron chi connectivity index (χ2n) is 10.0. The van der Waals surface area contributed by atoms with E-state index in [4.69, 9.17) is 10.00 Å². The minimum absolute atomic E-state index is 0.0676. The zero-order valence-electron chi connectivity index (χ0n) is 18.4. The van der Waals surface area contributed by atoms with E-state index in [1.54, 1.807) is 13.8 Å². The number of esters is 1. The summed E-state index contributed by atoms with van der Waals surface area (Å²) in [4.78, 5) is 38.9. The van der Waals surface area contributed by atoms with Crippen LogP contribution in [0.2, 0.25) is 0 Å². The highest BCUT2D eigenvalue weighted by molar-refractivity contribution is 5.80. The summed E-state index contributed by atoms with van der Waals surface area (Å²) in [7, 11) is 0. The van der Waals surface area contributed by atoms with E-state index in [0.29, 0.717) is 24.2 Å². The van der Waals surface area contributed by atoms with E-state index in [0.717, 1.165) is 23.3 Å². The van der Waals surface area contributed by atoms with Crippen molar-refractivity contribution in [3.63, 3.8) is 0 Å². The van der Waals surface area contributed by atoms with Crippen molar-refractivity contribution in [2.75, 3.05) is 13.2 Å². The topological polar surface area (TPSA) is 112 Å². The van der Waals surface area contributed by atoms with Gasteiger partial charge in [0.25, 0.3) is 11.5 Å². The van der Waals surface area contributed by atoms with E-state index >= 15 is 0 Å². The van der Waals surface area contributed by atoms with Crippen LogP contribution in [-0.2, 0) is 20.7 Å². The van der Waals surface area contributed by atoms with Gasteiger partial charge in [0.15, 0.2) is 6.61 Å². The van der Waals surface area contributed by atoms with Crippen LogP contribution in [0.1, 0.15) is 67.3 Å². The Bertz CT molecular complexity index is 952. The smallest absolute Gasteiger partial charge is 0.306 e. The average Bonchev–Trinajstić information content (AvgIpc) is 2.69. The molecule has 0 radical (unpaired) electrons. The van der Waals surface area contributed by atoms with Crippen LogP contribution in [0.15, 0.2) is 4.79 Å². The first-order valence-corrected chi connectivity index (χ1v) is 11.3. The molecule has 4 saturated carbocycles. The van der Waals surface area contributed by atoms with E-state index in [1.165, 1.54) is 38.5 Å². The molecule has 1 amide bonds. The summed E-state index contributed by atoms with van der Waals surface area (Å²) in [6, 6.07) is 1.91. The van der Waals surface area contributed by atoms with Gasteiger partial charge in [0.2, 0.25) is 0 Å². The molecule has 4 fully saturated rings. The molecule has 1 aromatic rings. The van der Waals surface area contributed by atoms with Gasteiger partial charge in [-0.3, -0.25) is 14.4 Å². The van der Waals surface area contributed by atoms with Crippen LogP contribution in [0.25, 0.3) is 0 Å². The lowest BCUT2D eigenvalue weighted by molar-refractivity contribution is -0.148. The van der Waals surface area contributed by atoms with E-state index in [-0.39, 0.29) is 29.9 Å². The molecule has 0 atom stereocenters. The molecular formula is C24H31N3O4. The molecule has 0 unspecified atom stereocenters. The minimum Gasteiger partial charge on any atom is -0.456 e. The number of nitrogens with zero attached hydrogens (tertiary/aromatic N) is 1. The Labute approximate surface area is 182 Å². The quantitative estimate of drug-likeness (QED) is 0.652. The van der Waals surface area contributed by atoms with Crippen LogP contribution in [-0.4, -0.2) is 30.0 Å². The Morgan fingerprint density at radius 3 is 2.35 bits per heavy atom. The predicted octanol–water partition coefficient (Wildman–Crippen LogP) is 2.67. The van der Waals surface area contributed by atoms with Crippen LogP contribution in [0.4, 0.5) is 0 Å². The highest BCUT2D eigenvalue weighted by Gasteiger charge is 2.50. The molecule has 0 aromatic carbocycles. The van der Waals surface area contributed by atoms with Crippen molar-refractivity contribution >= 4 is 11.9 Å². The molecule has 1 aromatic heterocycles. The Hall–Kier alpha value is -2.62. The van der Waals surface area contributed by atoms with Gasteiger partial charge >= 0.3 is 5.97 Å².